The zero-order valence-corrected chi connectivity index (χ0v) is 12.2. The lowest BCUT2D eigenvalue weighted by atomic mass is 10.2. The van der Waals surface area contributed by atoms with Crippen LogP contribution in [0.1, 0.15) is 16.1 Å². The largest absolute Gasteiger partial charge is 0.378 e. The van der Waals surface area contributed by atoms with E-state index in [1.165, 1.54) is 0 Å². The van der Waals surface area contributed by atoms with Gasteiger partial charge in [0.05, 0.1) is 13.2 Å². The van der Waals surface area contributed by atoms with Gasteiger partial charge >= 0.3 is 0 Å². The van der Waals surface area contributed by atoms with Gasteiger partial charge in [-0.2, -0.15) is 0 Å². The normalized spacial score (nSPS) is 14.6. The zero-order chi connectivity index (χ0) is 15.2. The quantitative estimate of drug-likeness (QED) is 0.920. The Morgan fingerprint density at radius 2 is 1.95 bits per heavy atom. The lowest BCUT2D eigenvalue weighted by molar-refractivity contribution is 0.0946. The maximum Gasteiger partial charge on any atom is 0.270 e. The Morgan fingerprint density at radius 3 is 2.73 bits per heavy atom. The fourth-order valence-electron chi connectivity index (χ4n) is 2.34. The van der Waals surface area contributed by atoms with Gasteiger partial charge in [-0.05, 0) is 29.8 Å². The second-order valence-corrected chi connectivity index (χ2v) is 5.04. The van der Waals surface area contributed by atoms with Crippen molar-refractivity contribution in [3.63, 3.8) is 0 Å². The lowest BCUT2D eigenvalue weighted by Gasteiger charge is -2.28. The summed E-state index contributed by atoms with van der Waals surface area (Å²) in [6, 6.07) is 7.49. The summed E-state index contributed by atoms with van der Waals surface area (Å²) in [6.07, 6.45) is 5.09. The molecule has 2 aromatic heterocycles. The van der Waals surface area contributed by atoms with Gasteiger partial charge in [-0.1, -0.05) is 0 Å². The first-order valence-electron chi connectivity index (χ1n) is 7.29. The van der Waals surface area contributed by atoms with Crippen molar-refractivity contribution in [1.82, 2.24) is 15.3 Å². The Hall–Kier alpha value is -2.47. The Labute approximate surface area is 129 Å². The number of hydrogen-bond acceptors (Lipinski definition) is 5. The average molecular weight is 298 g/mol. The predicted molar refractivity (Wildman–Crippen MR) is 82.7 cm³/mol. The van der Waals surface area contributed by atoms with Crippen molar-refractivity contribution in [2.45, 2.75) is 6.54 Å². The summed E-state index contributed by atoms with van der Waals surface area (Å²) in [4.78, 5) is 22.5. The van der Waals surface area contributed by atoms with Gasteiger partial charge in [0.2, 0.25) is 0 Å². The Kier molecular flexibility index (Phi) is 4.60. The van der Waals surface area contributed by atoms with Gasteiger partial charge in [-0.15, -0.1) is 0 Å². The molecule has 1 fully saturated rings. The highest BCUT2D eigenvalue weighted by molar-refractivity contribution is 5.93. The third kappa shape index (κ3) is 3.59. The molecule has 2 aromatic rings. The number of ether oxygens (including phenoxy) is 1. The van der Waals surface area contributed by atoms with Gasteiger partial charge in [-0.3, -0.25) is 14.8 Å². The molecule has 0 radical (unpaired) electrons. The summed E-state index contributed by atoms with van der Waals surface area (Å²) in [6.45, 7) is 3.56. The van der Waals surface area contributed by atoms with Gasteiger partial charge in [0.1, 0.15) is 5.69 Å². The molecule has 6 heteroatoms. The molecule has 3 rings (SSSR count). The molecule has 114 valence electrons. The molecule has 1 aliphatic rings. The first-order chi connectivity index (χ1) is 10.8. The molecule has 1 saturated heterocycles. The van der Waals surface area contributed by atoms with Crippen LogP contribution in [0.15, 0.2) is 42.9 Å². The lowest BCUT2D eigenvalue weighted by Crippen LogP contribution is -2.36. The topological polar surface area (TPSA) is 67.4 Å². The number of rotatable bonds is 4. The van der Waals surface area contributed by atoms with Crippen molar-refractivity contribution in [3.8, 4) is 0 Å². The highest BCUT2D eigenvalue weighted by atomic mass is 16.5. The number of nitrogens with zero attached hydrogens (tertiary/aromatic N) is 3. The Bertz CT molecular complexity index is 627. The number of amides is 1. The summed E-state index contributed by atoms with van der Waals surface area (Å²) in [5.41, 5.74) is 2.44. The third-order valence-corrected chi connectivity index (χ3v) is 3.55. The summed E-state index contributed by atoms with van der Waals surface area (Å²) in [5.74, 6) is -0.174. The van der Waals surface area contributed by atoms with Gasteiger partial charge < -0.3 is 15.0 Å². The van der Waals surface area contributed by atoms with Crippen LogP contribution in [0.25, 0.3) is 0 Å². The minimum absolute atomic E-state index is 0.174. The smallest absolute Gasteiger partial charge is 0.270 e. The molecule has 0 saturated carbocycles. The Morgan fingerprint density at radius 1 is 1.18 bits per heavy atom. The molecule has 3 heterocycles. The van der Waals surface area contributed by atoms with Crippen LogP contribution in [0.2, 0.25) is 0 Å². The van der Waals surface area contributed by atoms with E-state index in [0.717, 1.165) is 24.3 Å². The van der Waals surface area contributed by atoms with Crippen molar-refractivity contribution >= 4 is 11.6 Å². The fourth-order valence-corrected chi connectivity index (χ4v) is 2.34. The molecule has 0 aromatic carbocycles. The van der Waals surface area contributed by atoms with Crippen LogP contribution in [0, 0.1) is 0 Å². The number of carbonyl (C=O) groups excluding carboxylic acids is 1. The number of hydrogen-bond donors (Lipinski definition) is 1. The molecular formula is C16H18N4O2. The number of aromatic nitrogens is 2. The molecule has 0 atom stereocenters. The Balaban J connectivity index is 1.64. The maximum atomic E-state index is 12.2. The monoisotopic (exact) mass is 298 g/mol. The zero-order valence-electron chi connectivity index (χ0n) is 12.2. The molecule has 0 aliphatic carbocycles. The highest BCUT2D eigenvalue weighted by Gasteiger charge is 2.14. The maximum absolute atomic E-state index is 12.2. The summed E-state index contributed by atoms with van der Waals surface area (Å²) in [5, 5.41) is 2.87. The minimum Gasteiger partial charge on any atom is -0.378 e. The number of morpholine rings is 1. The van der Waals surface area contributed by atoms with E-state index in [1.807, 2.05) is 24.3 Å². The summed E-state index contributed by atoms with van der Waals surface area (Å²) in [7, 11) is 0. The van der Waals surface area contributed by atoms with Crippen molar-refractivity contribution in [3.05, 3.63) is 54.1 Å². The molecule has 0 bridgehead atoms. The van der Waals surface area contributed by atoms with Crippen LogP contribution < -0.4 is 10.2 Å². The van der Waals surface area contributed by atoms with Crippen molar-refractivity contribution in [2.24, 2.45) is 0 Å². The summed E-state index contributed by atoms with van der Waals surface area (Å²) < 4.78 is 5.34. The van der Waals surface area contributed by atoms with E-state index >= 15 is 0 Å². The molecule has 0 spiro atoms. The van der Waals surface area contributed by atoms with Crippen LogP contribution in [0.4, 0.5) is 5.69 Å². The van der Waals surface area contributed by atoms with Crippen LogP contribution in [-0.2, 0) is 11.3 Å². The van der Waals surface area contributed by atoms with Gasteiger partial charge in [0.15, 0.2) is 0 Å². The number of pyridine rings is 2. The molecule has 0 unspecified atom stereocenters. The van der Waals surface area contributed by atoms with Crippen LogP contribution in [0.5, 0.6) is 0 Å². The van der Waals surface area contributed by atoms with E-state index in [9.17, 15) is 4.79 Å². The predicted octanol–water partition coefficient (Wildman–Crippen LogP) is 1.24. The van der Waals surface area contributed by atoms with Crippen LogP contribution in [-0.4, -0.2) is 42.2 Å². The number of anilines is 1. The van der Waals surface area contributed by atoms with Crippen molar-refractivity contribution in [2.75, 3.05) is 31.2 Å². The van der Waals surface area contributed by atoms with Crippen molar-refractivity contribution < 1.29 is 9.53 Å². The van der Waals surface area contributed by atoms with Crippen LogP contribution in [0.3, 0.4) is 0 Å². The molecular weight excluding hydrogens is 280 g/mol. The van der Waals surface area contributed by atoms with Gasteiger partial charge in [-0.25, -0.2) is 0 Å². The van der Waals surface area contributed by atoms with E-state index in [-0.39, 0.29) is 5.91 Å². The number of nitrogens with one attached hydrogen (secondary N) is 1. The second kappa shape index (κ2) is 7.00. The standard InChI is InChI=1S/C16H18N4O2/c21-16(19-12-13-1-4-17-5-2-13)15-11-14(3-6-18-15)20-7-9-22-10-8-20/h1-6,11H,7-10,12H2,(H,19,21). The molecule has 1 amide bonds. The fraction of sp³-hybridized carbons (Fsp3) is 0.312. The van der Waals surface area contributed by atoms with E-state index in [4.69, 9.17) is 4.74 Å². The van der Waals surface area contributed by atoms with Crippen LogP contribution >= 0.6 is 0 Å². The van der Waals surface area contributed by atoms with E-state index < -0.39 is 0 Å². The van der Waals surface area contributed by atoms with E-state index in [1.54, 1.807) is 18.6 Å². The number of carbonyl (C=O) groups is 1. The molecule has 1 aliphatic heterocycles. The molecule has 22 heavy (non-hydrogen) atoms. The SMILES string of the molecule is O=C(NCc1ccncc1)c1cc(N2CCOCC2)ccn1. The molecule has 6 nitrogen and oxygen atoms in total. The molecule has 1 N–H and O–H groups in total. The van der Waals surface area contributed by atoms with E-state index in [0.29, 0.717) is 25.5 Å². The average Bonchev–Trinajstić information content (AvgIpc) is 2.61. The van der Waals surface area contributed by atoms with Gasteiger partial charge in [0, 0.05) is 43.9 Å². The van der Waals surface area contributed by atoms with E-state index in [2.05, 4.69) is 20.2 Å². The summed E-state index contributed by atoms with van der Waals surface area (Å²) >= 11 is 0. The minimum atomic E-state index is -0.174. The third-order valence-electron chi connectivity index (χ3n) is 3.55. The second-order valence-electron chi connectivity index (χ2n) is 5.04. The van der Waals surface area contributed by atoms with Gasteiger partial charge in [0.25, 0.3) is 5.91 Å². The highest BCUT2D eigenvalue weighted by Crippen LogP contribution is 2.16. The first kappa shape index (κ1) is 14.5. The van der Waals surface area contributed by atoms with Crippen molar-refractivity contribution in [1.29, 1.82) is 0 Å². The first-order valence-corrected chi connectivity index (χ1v) is 7.29.